The van der Waals surface area contributed by atoms with Crippen LogP contribution in [0.15, 0.2) is 29.3 Å². The number of benzene rings is 1. The maximum absolute atomic E-state index is 13.1. The van der Waals surface area contributed by atoms with E-state index in [0.717, 1.165) is 82.4 Å². The highest BCUT2D eigenvalue weighted by Crippen LogP contribution is 2.23. The predicted octanol–water partition coefficient (Wildman–Crippen LogP) is 2.81. The quantitative estimate of drug-likeness (QED) is 0.303. The summed E-state index contributed by atoms with van der Waals surface area (Å²) in [5.41, 5.74) is 1.09. The molecule has 176 valence electrons. The van der Waals surface area contributed by atoms with Crippen LogP contribution in [0.3, 0.4) is 0 Å². The van der Waals surface area contributed by atoms with Gasteiger partial charge in [0.15, 0.2) is 5.96 Å². The first-order valence-corrected chi connectivity index (χ1v) is 12.5. The predicted molar refractivity (Wildman–Crippen MR) is 140 cm³/mol. The Bertz CT molecular complexity index is 712. The van der Waals surface area contributed by atoms with Gasteiger partial charge in [0.05, 0.1) is 0 Å². The molecule has 1 aliphatic carbocycles. The Hall–Kier alpha value is -0.940. The van der Waals surface area contributed by atoms with Gasteiger partial charge in [0, 0.05) is 79.8 Å². The Labute approximate surface area is 205 Å². The highest BCUT2D eigenvalue weighted by Gasteiger charge is 2.26. The molecule has 1 heterocycles. The summed E-state index contributed by atoms with van der Waals surface area (Å²) in [6, 6.07) is 7.11. The zero-order chi connectivity index (χ0) is 21.3. The molecule has 1 aromatic carbocycles. The molecule has 0 aromatic heterocycles. The Morgan fingerprint density at radius 1 is 1.19 bits per heavy atom. The van der Waals surface area contributed by atoms with E-state index in [-0.39, 0.29) is 29.8 Å². The van der Waals surface area contributed by atoms with Crippen molar-refractivity contribution in [1.29, 1.82) is 0 Å². The Morgan fingerprint density at radius 3 is 2.55 bits per heavy atom. The number of nitrogens with one attached hydrogen (secondary N) is 2. The minimum atomic E-state index is -0.707. The number of rotatable bonds is 7. The van der Waals surface area contributed by atoms with Crippen molar-refractivity contribution in [3.63, 3.8) is 0 Å². The lowest BCUT2D eigenvalue weighted by Crippen LogP contribution is -2.51. The third-order valence-electron chi connectivity index (χ3n) is 6.13. The molecule has 6 nitrogen and oxygen atoms in total. The van der Waals surface area contributed by atoms with E-state index in [2.05, 4.69) is 25.4 Å². The maximum atomic E-state index is 13.1. The lowest BCUT2D eigenvalue weighted by Gasteiger charge is -2.36. The number of halogens is 2. The zero-order valence-corrected chi connectivity index (χ0v) is 21.8. The second kappa shape index (κ2) is 13.6. The number of aliphatic imine (C=N–C) groups is 1. The molecule has 3 atom stereocenters. The molecule has 1 aromatic rings. The van der Waals surface area contributed by atoms with Crippen LogP contribution < -0.4 is 15.5 Å². The van der Waals surface area contributed by atoms with Crippen molar-refractivity contribution in [3.05, 3.63) is 30.1 Å². The summed E-state index contributed by atoms with van der Waals surface area (Å²) in [6.07, 6.45) is 4.29. The largest absolute Gasteiger partial charge is 0.369 e. The minimum Gasteiger partial charge on any atom is -0.369 e. The standard InChI is InChI=1S/C22H36FN5OS.HI/c1-3-30(29)21-6-4-5-19(17-21)26-22(24-2)25-11-12-27-13-15-28(16-14-27)20-9-7-18(23)8-10-20;/h7-10,19,21H,3-6,11-17H2,1-2H3,(H2,24,25,26);1H. The highest BCUT2D eigenvalue weighted by atomic mass is 127. The first kappa shape index (κ1) is 26.3. The van der Waals surface area contributed by atoms with Crippen molar-refractivity contribution in [2.75, 3.05) is 57.0 Å². The molecular formula is C22H37FIN5OS. The van der Waals surface area contributed by atoms with Gasteiger partial charge < -0.3 is 15.5 Å². The summed E-state index contributed by atoms with van der Waals surface area (Å²) in [5, 5.41) is 7.29. The molecule has 3 unspecified atom stereocenters. The smallest absolute Gasteiger partial charge is 0.191 e. The first-order valence-electron chi connectivity index (χ1n) is 11.2. The van der Waals surface area contributed by atoms with Gasteiger partial charge in [0.1, 0.15) is 5.82 Å². The van der Waals surface area contributed by atoms with Crippen molar-refractivity contribution in [2.24, 2.45) is 4.99 Å². The lowest BCUT2D eigenvalue weighted by atomic mass is 9.95. The third-order valence-corrected chi connectivity index (χ3v) is 7.87. The van der Waals surface area contributed by atoms with Gasteiger partial charge in [-0.05, 0) is 43.5 Å². The summed E-state index contributed by atoms with van der Waals surface area (Å²) in [5.74, 6) is 1.40. The molecule has 0 spiro atoms. The van der Waals surface area contributed by atoms with Gasteiger partial charge in [-0.3, -0.25) is 14.1 Å². The molecule has 1 saturated carbocycles. The van der Waals surface area contributed by atoms with Crippen LogP contribution in [0.1, 0.15) is 32.6 Å². The highest BCUT2D eigenvalue weighted by molar-refractivity contribution is 14.0. The summed E-state index contributed by atoms with van der Waals surface area (Å²) >= 11 is 0. The number of hydrogen-bond donors (Lipinski definition) is 2. The average molecular weight is 566 g/mol. The fourth-order valence-electron chi connectivity index (χ4n) is 4.35. The van der Waals surface area contributed by atoms with Crippen LogP contribution in [-0.4, -0.2) is 78.4 Å². The van der Waals surface area contributed by atoms with Crippen LogP contribution in [0.4, 0.5) is 10.1 Å². The van der Waals surface area contributed by atoms with E-state index >= 15 is 0 Å². The van der Waals surface area contributed by atoms with E-state index in [1.807, 2.05) is 19.1 Å². The average Bonchev–Trinajstić information content (AvgIpc) is 2.79. The summed E-state index contributed by atoms with van der Waals surface area (Å²) in [4.78, 5) is 9.13. The van der Waals surface area contributed by atoms with Crippen LogP contribution in [0, 0.1) is 5.82 Å². The fourth-order valence-corrected chi connectivity index (χ4v) is 5.70. The van der Waals surface area contributed by atoms with Crippen molar-refractivity contribution in [3.8, 4) is 0 Å². The van der Waals surface area contributed by atoms with E-state index in [0.29, 0.717) is 11.3 Å². The molecule has 1 aliphatic heterocycles. The van der Waals surface area contributed by atoms with Crippen molar-refractivity contribution < 1.29 is 8.60 Å². The van der Waals surface area contributed by atoms with Gasteiger partial charge in [0.2, 0.25) is 0 Å². The number of piperazine rings is 1. The van der Waals surface area contributed by atoms with Gasteiger partial charge in [-0.1, -0.05) is 13.3 Å². The van der Waals surface area contributed by atoms with E-state index in [4.69, 9.17) is 0 Å². The minimum absolute atomic E-state index is 0. The lowest BCUT2D eigenvalue weighted by molar-refractivity contribution is 0.261. The van der Waals surface area contributed by atoms with Gasteiger partial charge in [-0.15, -0.1) is 24.0 Å². The van der Waals surface area contributed by atoms with Gasteiger partial charge in [-0.25, -0.2) is 4.39 Å². The summed E-state index contributed by atoms with van der Waals surface area (Å²) in [7, 11) is 1.10. The van der Waals surface area contributed by atoms with Crippen molar-refractivity contribution >= 4 is 46.4 Å². The zero-order valence-electron chi connectivity index (χ0n) is 18.7. The molecule has 2 fully saturated rings. The van der Waals surface area contributed by atoms with E-state index in [1.165, 1.54) is 12.1 Å². The van der Waals surface area contributed by atoms with Crippen LogP contribution in [0.25, 0.3) is 0 Å². The number of nitrogens with zero attached hydrogens (tertiary/aromatic N) is 3. The molecule has 3 rings (SSSR count). The van der Waals surface area contributed by atoms with Gasteiger partial charge >= 0.3 is 0 Å². The molecule has 9 heteroatoms. The SMILES string of the molecule is CCS(=O)C1CCCC(NC(=NC)NCCN2CCN(c3ccc(F)cc3)CC2)C1.I. The molecule has 2 aliphatic rings. The molecule has 0 amide bonds. The monoisotopic (exact) mass is 565 g/mol. The van der Waals surface area contributed by atoms with Gasteiger partial charge in [0.25, 0.3) is 0 Å². The van der Waals surface area contributed by atoms with Gasteiger partial charge in [-0.2, -0.15) is 0 Å². The molecule has 0 radical (unpaired) electrons. The Morgan fingerprint density at radius 2 is 1.90 bits per heavy atom. The molecule has 1 saturated heterocycles. The van der Waals surface area contributed by atoms with E-state index in [1.54, 1.807) is 7.05 Å². The summed E-state index contributed by atoms with van der Waals surface area (Å²) < 4.78 is 25.3. The summed E-state index contributed by atoms with van der Waals surface area (Å²) in [6.45, 7) is 7.72. The third kappa shape index (κ3) is 8.16. The van der Waals surface area contributed by atoms with E-state index < -0.39 is 10.8 Å². The van der Waals surface area contributed by atoms with Crippen LogP contribution in [-0.2, 0) is 10.8 Å². The molecule has 0 bridgehead atoms. The molecule has 31 heavy (non-hydrogen) atoms. The molecule has 2 N–H and O–H groups in total. The van der Waals surface area contributed by atoms with Crippen molar-refractivity contribution in [2.45, 2.75) is 43.9 Å². The Balaban J connectivity index is 0.00000341. The number of anilines is 1. The van der Waals surface area contributed by atoms with Crippen LogP contribution in [0.2, 0.25) is 0 Å². The second-order valence-electron chi connectivity index (χ2n) is 8.10. The fraction of sp³-hybridized carbons (Fsp3) is 0.682. The van der Waals surface area contributed by atoms with Crippen LogP contribution >= 0.6 is 24.0 Å². The van der Waals surface area contributed by atoms with E-state index in [9.17, 15) is 8.60 Å². The van der Waals surface area contributed by atoms with Crippen molar-refractivity contribution in [1.82, 2.24) is 15.5 Å². The topological polar surface area (TPSA) is 60.0 Å². The maximum Gasteiger partial charge on any atom is 0.191 e. The second-order valence-corrected chi connectivity index (χ2v) is 10.1. The Kier molecular flexibility index (Phi) is 11.5. The number of hydrogen-bond acceptors (Lipinski definition) is 4. The van der Waals surface area contributed by atoms with Crippen LogP contribution in [0.5, 0.6) is 0 Å². The number of guanidine groups is 1. The normalized spacial score (nSPS) is 23.7. The molecular weight excluding hydrogens is 528 g/mol. The first-order chi connectivity index (χ1) is 14.6.